The lowest BCUT2D eigenvalue weighted by Crippen LogP contribution is -2.45. The third-order valence-electron chi connectivity index (χ3n) is 4.78. The molecule has 0 aromatic carbocycles. The maximum atomic E-state index is 12.5. The first-order chi connectivity index (χ1) is 8.26. The topological polar surface area (TPSA) is 57.6 Å². The molecule has 1 aliphatic carbocycles. The Bertz CT molecular complexity index is 377. The van der Waals surface area contributed by atoms with Crippen LogP contribution in [0.1, 0.15) is 40.5 Å². The number of hydrogen-bond donors (Lipinski definition) is 1. The predicted molar refractivity (Wildman–Crippen MR) is 68.0 cm³/mol. The summed E-state index contributed by atoms with van der Waals surface area (Å²) in [5.74, 6) is -0.961. The Morgan fingerprint density at radius 2 is 1.83 bits per heavy atom. The highest BCUT2D eigenvalue weighted by atomic mass is 16.4. The Labute approximate surface area is 108 Å². The number of piperidine rings is 1. The quantitative estimate of drug-likeness (QED) is 0.818. The van der Waals surface area contributed by atoms with Crippen LogP contribution in [0.25, 0.3) is 0 Å². The highest BCUT2D eigenvalue weighted by molar-refractivity contribution is 5.91. The van der Waals surface area contributed by atoms with Crippen LogP contribution in [-0.2, 0) is 9.59 Å². The van der Waals surface area contributed by atoms with E-state index in [4.69, 9.17) is 5.11 Å². The van der Waals surface area contributed by atoms with Crippen LogP contribution in [0.4, 0.5) is 0 Å². The van der Waals surface area contributed by atoms with E-state index < -0.39 is 11.9 Å². The van der Waals surface area contributed by atoms with Crippen molar-refractivity contribution in [2.45, 2.75) is 46.6 Å². The highest BCUT2D eigenvalue weighted by Crippen LogP contribution is 2.59. The second kappa shape index (κ2) is 4.25. The van der Waals surface area contributed by atoms with Gasteiger partial charge in [-0.3, -0.25) is 9.59 Å². The molecule has 1 saturated heterocycles. The molecule has 0 aromatic heterocycles. The van der Waals surface area contributed by atoms with Gasteiger partial charge < -0.3 is 10.0 Å². The number of carboxylic acid groups (broad SMARTS) is 1. The first-order valence-corrected chi connectivity index (χ1v) is 6.80. The lowest BCUT2D eigenvalue weighted by Gasteiger charge is -2.37. The fraction of sp³-hybridized carbons (Fsp3) is 0.857. The Morgan fingerprint density at radius 1 is 1.22 bits per heavy atom. The molecule has 4 unspecified atom stereocenters. The summed E-state index contributed by atoms with van der Waals surface area (Å²) < 4.78 is 0. The third-order valence-corrected chi connectivity index (χ3v) is 4.78. The molecule has 4 heteroatoms. The summed E-state index contributed by atoms with van der Waals surface area (Å²) >= 11 is 0. The lowest BCUT2D eigenvalue weighted by molar-refractivity contribution is -0.143. The minimum Gasteiger partial charge on any atom is -0.481 e. The molecule has 4 nitrogen and oxygen atoms in total. The summed E-state index contributed by atoms with van der Waals surface area (Å²) in [6.45, 7) is 8.81. The molecule has 0 aromatic rings. The van der Waals surface area contributed by atoms with Crippen molar-refractivity contribution in [1.29, 1.82) is 0 Å². The van der Waals surface area contributed by atoms with Crippen molar-refractivity contribution in [2.24, 2.45) is 23.2 Å². The van der Waals surface area contributed by atoms with Crippen LogP contribution < -0.4 is 0 Å². The molecule has 18 heavy (non-hydrogen) atoms. The van der Waals surface area contributed by atoms with Gasteiger partial charge in [-0.1, -0.05) is 20.8 Å². The van der Waals surface area contributed by atoms with E-state index in [1.54, 1.807) is 0 Å². The summed E-state index contributed by atoms with van der Waals surface area (Å²) in [5, 5.41) is 9.14. The molecule has 1 amide bonds. The Kier molecular flexibility index (Phi) is 3.16. The second-order valence-electron chi connectivity index (χ2n) is 6.63. The number of carboxylic acids is 1. The van der Waals surface area contributed by atoms with Gasteiger partial charge in [0.05, 0.1) is 11.8 Å². The normalized spacial score (nSPS) is 38.3. The van der Waals surface area contributed by atoms with E-state index >= 15 is 0 Å². The molecule has 1 heterocycles. The van der Waals surface area contributed by atoms with Gasteiger partial charge in [-0.25, -0.2) is 0 Å². The van der Waals surface area contributed by atoms with E-state index in [0.717, 1.165) is 19.4 Å². The average Bonchev–Trinajstić information content (AvgIpc) is 2.81. The number of aliphatic carboxylic acids is 1. The van der Waals surface area contributed by atoms with Gasteiger partial charge in [0.1, 0.15) is 0 Å². The molecule has 4 atom stereocenters. The number of nitrogens with zero attached hydrogens (tertiary/aromatic N) is 1. The Balaban J connectivity index is 2.07. The van der Waals surface area contributed by atoms with E-state index in [1.807, 2.05) is 18.7 Å². The van der Waals surface area contributed by atoms with Crippen molar-refractivity contribution in [3.05, 3.63) is 0 Å². The number of amides is 1. The van der Waals surface area contributed by atoms with Crippen molar-refractivity contribution in [3.8, 4) is 0 Å². The van der Waals surface area contributed by atoms with Gasteiger partial charge in [0.25, 0.3) is 0 Å². The van der Waals surface area contributed by atoms with E-state index in [1.165, 1.54) is 0 Å². The summed E-state index contributed by atoms with van der Waals surface area (Å²) in [5.41, 5.74) is -0.383. The van der Waals surface area contributed by atoms with Gasteiger partial charge in [0.15, 0.2) is 0 Å². The van der Waals surface area contributed by atoms with Crippen molar-refractivity contribution in [2.75, 3.05) is 6.54 Å². The molecule has 102 valence electrons. The van der Waals surface area contributed by atoms with Crippen LogP contribution in [0.15, 0.2) is 0 Å². The van der Waals surface area contributed by atoms with E-state index in [2.05, 4.69) is 13.8 Å². The zero-order valence-electron chi connectivity index (χ0n) is 11.6. The van der Waals surface area contributed by atoms with Crippen molar-refractivity contribution < 1.29 is 14.7 Å². The molecule has 2 aliphatic rings. The van der Waals surface area contributed by atoms with Crippen LogP contribution in [0.2, 0.25) is 0 Å². The van der Waals surface area contributed by atoms with Gasteiger partial charge >= 0.3 is 5.97 Å². The van der Waals surface area contributed by atoms with Gasteiger partial charge in [0, 0.05) is 12.6 Å². The summed E-state index contributed by atoms with van der Waals surface area (Å²) in [6.07, 6.45) is 2.05. The largest absolute Gasteiger partial charge is 0.481 e. The van der Waals surface area contributed by atoms with Gasteiger partial charge in [-0.05, 0) is 31.1 Å². The number of carbonyl (C=O) groups excluding carboxylic acids is 1. The van der Waals surface area contributed by atoms with Crippen molar-refractivity contribution >= 4 is 11.9 Å². The molecule has 1 N–H and O–H groups in total. The number of likely N-dealkylation sites (tertiary alicyclic amines) is 1. The maximum absolute atomic E-state index is 12.5. The Morgan fingerprint density at radius 3 is 2.28 bits per heavy atom. The molecular formula is C14H23NO3. The zero-order chi connectivity index (χ0) is 13.7. The number of hydrogen-bond acceptors (Lipinski definition) is 2. The van der Waals surface area contributed by atoms with E-state index in [-0.39, 0.29) is 23.3 Å². The molecule has 1 aliphatic heterocycles. The van der Waals surface area contributed by atoms with Gasteiger partial charge in [-0.15, -0.1) is 0 Å². The molecule has 2 rings (SSSR count). The maximum Gasteiger partial charge on any atom is 0.307 e. The fourth-order valence-corrected chi connectivity index (χ4v) is 3.47. The molecular weight excluding hydrogens is 230 g/mol. The first-order valence-electron chi connectivity index (χ1n) is 6.80. The second-order valence-corrected chi connectivity index (χ2v) is 6.63. The van der Waals surface area contributed by atoms with Crippen LogP contribution in [0.3, 0.4) is 0 Å². The Hall–Kier alpha value is -1.06. The molecule has 2 fully saturated rings. The van der Waals surface area contributed by atoms with Gasteiger partial charge in [-0.2, -0.15) is 0 Å². The number of rotatable bonds is 2. The molecule has 0 bridgehead atoms. The SMILES string of the molecule is CC1CCN(C(=O)C2C(C(=O)O)C2(C)C)C(C)C1. The van der Waals surface area contributed by atoms with Crippen LogP contribution in [-0.4, -0.2) is 34.5 Å². The smallest absolute Gasteiger partial charge is 0.307 e. The van der Waals surface area contributed by atoms with Crippen LogP contribution in [0.5, 0.6) is 0 Å². The minimum atomic E-state index is -0.837. The molecule has 0 spiro atoms. The predicted octanol–water partition coefficient (Wildman–Crippen LogP) is 1.99. The van der Waals surface area contributed by atoms with Gasteiger partial charge in [0.2, 0.25) is 5.91 Å². The monoisotopic (exact) mass is 253 g/mol. The van der Waals surface area contributed by atoms with Crippen molar-refractivity contribution in [3.63, 3.8) is 0 Å². The van der Waals surface area contributed by atoms with Crippen LogP contribution >= 0.6 is 0 Å². The number of carbonyl (C=O) groups is 2. The molecule has 0 radical (unpaired) electrons. The fourth-order valence-electron chi connectivity index (χ4n) is 3.47. The summed E-state index contributed by atoms with van der Waals surface area (Å²) in [4.78, 5) is 25.5. The third kappa shape index (κ3) is 2.02. The standard InChI is InChI=1S/C14H23NO3/c1-8-5-6-15(9(2)7-8)12(16)10-11(13(17)18)14(10,3)4/h8-11H,5-7H2,1-4H3,(H,17,18). The first kappa shape index (κ1) is 13.4. The highest BCUT2D eigenvalue weighted by Gasteiger charge is 2.66. The summed E-state index contributed by atoms with van der Waals surface area (Å²) in [7, 11) is 0. The zero-order valence-corrected chi connectivity index (χ0v) is 11.6. The molecule has 1 saturated carbocycles. The minimum absolute atomic E-state index is 0.0480. The summed E-state index contributed by atoms with van der Waals surface area (Å²) in [6, 6.07) is 0.243. The van der Waals surface area contributed by atoms with E-state index in [0.29, 0.717) is 5.92 Å². The van der Waals surface area contributed by atoms with E-state index in [9.17, 15) is 9.59 Å². The van der Waals surface area contributed by atoms with Crippen LogP contribution in [0, 0.1) is 23.2 Å². The lowest BCUT2D eigenvalue weighted by atomic mass is 9.92. The average molecular weight is 253 g/mol. The van der Waals surface area contributed by atoms with Crippen molar-refractivity contribution in [1.82, 2.24) is 4.90 Å².